The summed E-state index contributed by atoms with van der Waals surface area (Å²) in [6.45, 7) is 4.83. The number of rotatable bonds is 3. The molecule has 1 aromatic heterocycles. The van der Waals surface area contributed by atoms with Crippen molar-refractivity contribution in [1.82, 2.24) is 9.78 Å². The second-order valence-corrected chi connectivity index (χ2v) is 4.54. The van der Waals surface area contributed by atoms with Crippen molar-refractivity contribution in [2.45, 2.75) is 6.54 Å². The van der Waals surface area contributed by atoms with Crippen LogP contribution in [0, 0.1) is 6.92 Å². The van der Waals surface area contributed by atoms with E-state index in [0.29, 0.717) is 0 Å². The van der Waals surface area contributed by atoms with Crippen molar-refractivity contribution in [3.05, 3.63) is 84.9 Å². The molecule has 1 heterocycles. The first-order valence-electron chi connectivity index (χ1n) is 6.32. The van der Waals surface area contributed by atoms with Gasteiger partial charge in [0.2, 0.25) is 0 Å². The zero-order valence-electron chi connectivity index (χ0n) is 10.7. The molecule has 2 nitrogen and oxygen atoms in total. The zero-order valence-corrected chi connectivity index (χ0v) is 10.7. The molecule has 0 fully saturated rings. The number of benzene rings is 2. The predicted molar refractivity (Wildman–Crippen MR) is 77.7 cm³/mol. The van der Waals surface area contributed by atoms with Crippen molar-refractivity contribution < 1.29 is 0 Å². The summed E-state index contributed by atoms with van der Waals surface area (Å²) in [4.78, 5) is 0. The quantitative estimate of drug-likeness (QED) is 0.688. The van der Waals surface area contributed by atoms with E-state index in [0.717, 1.165) is 23.4 Å². The van der Waals surface area contributed by atoms with Gasteiger partial charge in [-0.15, -0.1) is 0 Å². The number of hydrogen-bond donors (Lipinski definition) is 0. The second kappa shape index (κ2) is 5.11. The van der Waals surface area contributed by atoms with Crippen molar-refractivity contribution in [1.29, 1.82) is 0 Å². The summed E-state index contributed by atoms with van der Waals surface area (Å²) in [6, 6.07) is 20.4. The van der Waals surface area contributed by atoms with Gasteiger partial charge >= 0.3 is 0 Å². The third kappa shape index (κ3) is 2.58. The summed E-state index contributed by atoms with van der Waals surface area (Å²) in [5.74, 6) is 0. The Morgan fingerprint density at radius 2 is 1.63 bits per heavy atom. The predicted octanol–water partition coefficient (Wildman–Crippen LogP) is 3.78. The SMILES string of the molecule is [CH2]c1ccccc1-c1ccn(Cc2ccccc2)n1. The average Bonchev–Trinajstić information content (AvgIpc) is 2.89. The minimum atomic E-state index is 0.792. The lowest BCUT2D eigenvalue weighted by molar-refractivity contribution is 0.689. The number of aromatic nitrogens is 2. The molecule has 0 aliphatic carbocycles. The van der Waals surface area contributed by atoms with Gasteiger partial charge in [0.1, 0.15) is 0 Å². The van der Waals surface area contributed by atoms with Gasteiger partial charge in [-0.05, 0) is 24.1 Å². The van der Waals surface area contributed by atoms with Crippen molar-refractivity contribution >= 4 is 0 Å². The zero-order chi connectivity index (χ0) is 13.1. The fourth-order valence-corrected chi connectivity index (χ4v) is 2.13. The van der Waals surface area contributed by atoms with Crippen molar-refractivity contribution in [2.24, 2.45) is 0 Å². The molecule has 2 aromatic carbocycles. The first-order chi connectivity index (χ1) is 9.33. The maximum Gasteiger partial charge on any atom is 0.0926 e. The normalized spacial score (nSPS) is 10.6. The number of hydrogen-bond acceptors (Lipinski definition) is 1. The van der Waals surface area contributed by atoms with Crippen LogP contribution in [0.25, 0.3) is 11.3 Å². The Kier molecular flexibility index (Phi) is 3.15. The second-order valence-electron chi connectivity index (χ2n) is 4.54. The van der Waals surface area contributed by atoms with Gasteiger partial charge < -0.3 is 0 Å². The first-order valence-corrected chi connectivity index (χ1v) is 6.32. The Morgan fingerprint density at radius 1 is 0.895 bits per heavy atom. The molecule has 19 heavy (non-hydrogen) atoms. The molecule has 0 saturated carbocycles. The third-order valence-corrected chi connectivity index (χ3v) is 3.12. The topological polar surface area (TPSA) is 17.8 Å². The van der Waals surface area contributed by atoms with Crippen LogP contribution < -0.4 is 0 Å². The molecule has 2 heteroatoms. The van der Waals surface area contributed by atoms with Crippen LogP contribution in [-0.4, -0.2) is 9.78 Å². The van der Waals surface area contributed by atoms with Crippen molar-refractivity contribution in [2.75, 3.05) is 0 Å². The van der Waals surface area contributed by atoms with Gasteiger partial charge in [0, 0.05) is 11.8 Å². The summed E-state index contributed by atoms with van der Waals surface area (Å²) >= 11 is 0. The molecule has 0 amide bonds. The van der Waals surface area contributed by atoms with Crippen molar-refractivity contribution in [3.8, 4) is 11.3 Å². The van der Waals surface area contributed by atoms with E-state index in [1.54, 1.807) is 0 Å². The van der Waals surface area contributed by atoms with Gasteiger partial charge in [-0.25, -0.2) is 0 Å². The minimum absolute atomic E-state index is 0.792. The Balaban J connectivity index is 1.86. The van der Waals surface area contributed by atoms with Gasteiger partial charge in [0.15, 0.2) is 0 Å². The Bertz CT molecular complexity index is 668. The van der Waals surface area contributed by atoms with Crippen LogP contribution >= 0.6 is 0 Å². The highest BCUT2D eigenvalue weighted by Crippen LogP contribution is 2.20. The molecular weight excluding hydrogens is 232 g/mol. The maximum atomic E-state index is 4.61. The van der Waals surface area contributed by atoms with E-state index in [9.17, 15) is 0 Å². The first kappa shape index (κ1) is 11.7. The molecule has 0 aliphatic rings. The smallest absolute Gasteiger partial charge is 0.0926 e. The standard InChI is InChI=1S/C17H15N2/c1-14-7-5-6-10-16(14)17-11-12-19(18-17)13-15-8-3-2-4-9-15/h2-12H,1,13H2. The van der Waals surface area contributed by atoms with Crippen LogP contribution in [-0.2, 0) is 6.54 Å². The largest absolute Gasteiger partial charge is 0.268 e. The molecule has 0 spiro atoms. The van der Waals surface area contributed by atoms with E-state index in [4.69, 9.17) is 0 Å². The summed E-state index contributed by atoms with van der Waals surface area (Å²) in [5, 5.41) is 4.61. The van der Waals surface area contributed by atoms with E-state index < -0.39 is 0 Å². The molecule has 0 bridgehead atoms. The Hall–Kier alpha value is -2.35. The lowest BCUT2D eigenvalue weighted by Crippen LogP contribution is -2.00. The molecule has 3 aromatic rings. The third-order valence-electron chi connectivity index (χ3n) is 3.12. The summed E-state index contributed by atoms with van der Waals surface area (Å²) in [7, 11) is 0. The van der Waals surface area contributed by atoms with Gasteiger partial charge in [0.25, 0.3) is 0 Å². The van der Waals surface area contributed by atoms with Crippen LogP contribution in [0.5, 0.6) is 0 Å². The minimum Gasteiger partial charge on any atom is -0.268 e. The van der Waals surface area contributed by atoms with Crippen LogP contribution in [0.1, 0.15) is 11.1 Å². The Labute approximate surface area is 113 Å². The summed E-state index contributed by atoms with van der Waals surface area (Å²) in [5.41, 5.74) is 4.32. The Morgan fingerprint density at radius 3 is 2.42 bits per heavy atom. The highest BCUT2D eigenvalue weighted by molar-refractivity contribution is 5.64. The fourth-order valence-electron chi connectivity index (χ4n) is 2.13. The van der Waals surface area contributed by atoms with E-state index in [2.05, 4.69) is 30.2 Å². The van der Waals surface area contributed by atoms with Crippen LogP contribution in [0.2, 0.25) is 0 Å². The summed E-state index contributed by atoms with van der Waals surface area (Å²) < 4.78 is 1.96. The molecule has 3 rings (SSSR count). The summed E-state index contributed by atoms with van der Waals surface area (Å²) in [6.07, 6.45) is 2.01. The lowest BCUT2D eigenvalue weighted by atomic mass is 10.1. The van der Waals surface area contributed by atoms with Crippen LogP contribution in [0.3, 0.4) is 0 Å². The van der Waals surface area contributed by atoms with E-state index in [1.807, 2.05) is 53.3 Å². The molecule has 0 atom stereocenters. The van der Waals surface area contributed by atoms with Crippen LogP contribution in [0.15, 0.2) is 66.9 Å². The van der Waals surface area contributed by atoms with Gasteiger partial charge in [0.05, 0.1) is 12.2 Å². The monoisotopic (exact) mass is 247 g/mol. The molecule has 0 saturated heterocycles. The van der Waals surface area contributed by atoms with Crippen LogP contribution in [0.4, 0.5) is 0 Å². The van der Waals surface area contributed by atoms with Gasteiger partial charge in [-0.1, -0.05) is 54.6 Å². The highest BCUT2D eigenvalue weighted by atomic mass is 15.3. The maximum absolute atomic E-state index is 4.61. The van der Waals surface area contributed by atoms with Crippen molar-refractivity contribution in [3.63, 3.8) is 0 Å². The molecular formula is C17H15N2. The molecule has 0 N–H and O–H groups in total. The molecule has 93 valence electrons. The molecule has 1 radical (unpaired) electrons. The fraction of sp³-hybridized carbons (Fsp3) is 0.0588. The average molecular weight is 247 g/mol. The lowest BCUT2D eigenvalue weighted by Gasteiger charge is -2.03. The van der Waals surface area contributed by atoms with Gasteiger partial charge in [-0.2, -0.15) is 5.10 Å². The number of nitrogens with zero attached hydrogens (tertiary/aromatic N) is 2. The van der Waals surface area contributed by atoms with E-state index in [-0.39, 0.29) is 0 Å². The molecule has 0 unspecified atom stereocenters. The van der Waals surface area contributed by atoms with E-state index >= 15 is 0 Å². The van der Waals surface area contributed by atoms with Gasteiger partial charge in [-0.3, -0.25) is 4.68 Å². The molecule has 0 aliphatic heterocycles. The highest BCUT2D eigenvalue weighted by Gasteiger charge is 2.05. The van der Waals surface area contributed by atoms with E-state index in [1.165, 1.54) is 5.56 Å².